The highest BCUT2D eigenvalue weighted by molar-refractivity contribution is 5.51. The molecule has 6 heteroatoms. The van der Waals surface area contributed by atoms with Crippen LogP contribution in [0.3, 0.4) is 0 Å². The third-order valence-electron chi connectivity index (χ3n) is 2.26. The normalized spacial score (nSPS) is 12.6. The number of alkyl halides is 2. The van der Waals surface area contributed by atoms with Gasteiger partial charge in [-0.05, 0) is 19.1 Å². The van der Waals surface area contributed by atoms with Crippen LogP contribution in [-0.4, -0.2) is 29.3 Å². The molecule has 2 N–H and O–H groups in total. The lowest BCUT2D eigenvalue weighted by molar-refractivity contribution is 0.0127. The molecule has 0 aliphatic rings. The lowest BCUT2D eigenvalue weighted by atomic mass is 10.1. The fourth-order valence-corrected chi connectivity index (χ4v) is 1.42. The van der Waals surface area contributed by atoms with E-state index in [1.54, 1.807) is 6.92 Å². The average molecular weight is 246 g/mol. The molecule has 0 fully saturated rings. The van der Waals surface area contributed by atoms with Crippen LogP contribution in [0.2, 0.25) is 0 Å². The molecule has 1 rings (SSSR count). The number of hydrogen-bond acceptors (Lipinski definition) is 2. The average Bonchev–Trinajstić information content (AvgIpc) is 2.28. The van der Waals surface area contributed by atoms with E-state index in [1.165, 1.54) is 12.1 Å². The third kappa shape index (κ3) is 3.45. The minimum atomic E-state index is -2.71. The maximum absolute atomic E-state index is 13.4. The molecule has 0 saturated carbocycles. The number of rotatable bonds is 5. The molecule has 1 unspecified atom stereocenters. The topological polar surface area (TPSA) is 47.3 Å². The summed E-state index contributed by atoms with van der Waals surface area (Å²) in [6, 6.07) is 4.02. The van der Waals surface area contributed by atoms with Crippen molar-refractivity contribution in [2.24, 2.45) is 0 Å². The molecule has 0 aromatic heterocycles. The minimum Gasteiger partial charge on any atom is -0.369 e. The van der Waals surface area contributed by atoms with Gasteiger partial charge in [-0.25, -0.2) is 13.2 Å². The largest absolute Gasteiger partial charge is 0.369 e. The lowest BCUT2D eigenvalue weighted by Gasteiger charge is -2.25. The van der Waals surface area contributed by atoms with Crippen LogP contribution in [0.15, 0.2) is 18.2 Å². The van der Waals surface area contributed by atoms with Crippen molar-refractivity contribution in [2.45, 2.75) is 19.6 Å². The van der Waals surface area contributed by atoms with Gasteiger partial charge in [0.25, 0.3) is 6.43 Å². The molecule has 94 valence electrons. The number of nitrogens with zero attached hydrogens (tertiary/aromatic N) is 1. The number of hydrogen-bond donors (Lipinski definition) is 2. The van der Waals surface area contributed by atoms with Gasteiger partial charge in [0, 0.05) is 5.56 Å². The summed E-state index contributed by atoms with van der Waals surface area (Å²) in [7, 11) is 0. The quantitative estimate of drug-likeness (QED) is 0.475. The molecule has 1 aromatic rings. The van der Waals surface area contributed by atoms with Crippen LogP contribution in [0.1, 0.15) is 17.4 Å². The molecule has 0 heterocycles. The predicted octanol–water partition coefficient (Wildman–Crippen LogP) is 2.30. The zero-order valence-electron chi connectivity index (χ0n) is 9.20. The number of aliphatic hydroxyl groups excluding tert-OH is 1. The van der Waals surface area contributed by atoms with Gasteiger partial charge in [0.2, 0.25) is 0 Å². The molecule has 0 spiro atoms. The third-order valence-corrected chi connectivity index (χ3v) is 2.26. The lowest BCUT2D eigenvalue weighted by Crippen LogP contribution is -2.32. The van der Waals surface area contributed by atoms with Crippen LogP contribution in [0.25, 0.3) is 0 Å². The van der Waals surface area contributed by atoms with Gasteiger partial charge in [-0.1, -0.05) is 11.6 Å². The summed E-state index contributed by atoms with van der Waals surface area (Å²) in [5.41, 5.74) is 0.580. The van der Waals surface area contributed by atoms with Gasteiger partial charge in [0.05, 0.1) is 12.9 Å². The smallest absolute Gasteiger partial charge is 0.255 e. The van der Waals surface area contributed by atoms with Crippen molar-refractivity contribution in [1.29, 1.82) is 5.41 Å². The second-order valence-corrected chi connectivity index (χ2v) is 3.62. The highest BCUT2D eigenvalue weighted by atomic mass is 19.3. The zero-order valence-corrected chi connectivity index (χ0v) is 9.20. The number of aryl methyl sites for hydroxylation is 1. The number of aliphatic hydroxyl groups is 1. The molecule has 0 aliphatic heterocycles. The molecule has 17 heavy (non-hydrogen) atoms. The Hall–Kier alpha value is -1.56. The van der Waals surface area contributed by atoms with Gasteiger partial charge in [-0.3, -0.25) is 5.41 Å². The van der Waals surface area contributed by atoms with Gasteiger partial charge >= 0.3 is 0 Å². The molecular weight excluding hydrogens is 233 g/mol. The Morgan fingerprint density at radius 1 is 1.47 bits per heavy atom. The first kappa shape index (κ1) is 13.5. The highest BCUT2D eigenvalue weighted by Gasteiger charge is 2.21. The molecule has 0 bridgehead atoms. The van der Waals surface area contributed by atoms with Gasteiger partial charge in [0.1, 0.15) is 5.82 Å². The Bertz CT molecular complexity index is 398. The second kappa shape index (κ2) is 5.67. The van der Waals surface area contributed by atoms with Gasteiger partial charge in [0.15, 0.2) is 6.23 Å². The van der Waals surface area contributed by atoms with E-state index in [9.17, 15) is 18.3 Å². The van der Waals surface area contributed by atoms with E-state index in [1.807, 2.05) is 0 Å². The van der Waals surface area contributed by atoms with Gasteiger partial charge < -0.3 is 10.0 Å². The van der Waals surface area contributed by atoms with Crippen molar-refractivity contribution in [3.8, 4) is 0 Å². The van der Waals surface area contributed by atoms with Crippen LogP contribution < -0.4 is 0 Å². The summed E-state index contributed by atoms with van der Waals surface area (Å²) in [5, 5.41) is 16.7. The van der Waals surface area contributed by atoms with Crippen LogP contribution in [0.5, 0.6) is 0 Å². The van der Waals surface area contributed by atoms with Crippen LogP contribution in [-0.2, 0) is 0 Å². The Labute approximate surface area is 97.0 Å². The first-order valence-corrected chi connectivity index (χ1v) is 4.94. The highest BCUT2D eigenvalue weighted by Crippen LogP contribution is 2.21. The van der Waals surface area contributed by atoms with E-state index in [4.69, 9.17) is 5.41 Å². The van der Waals surface area contributed by atoms with E-state index in [2.05, 4.69) is 0 Å². The summed E-state index contributed by atoms with van der Waals surface area (Å²) in [5.74, 6) is -0.691. The van der Waals surface area contributed by atoms with E-state index in [0.29, 0.717) is 16.8 Å². The summed E-state index contributed by atoms with van der Waals surface area (Å²) in [4.78, 5) is 0.669. The monoisotopic (exact) mass is 246 g/mol. The summed E-state index contributed by atoms with van der Waals surface area (Å²) >= 11 is 0. The Kier molecular flexibility index (Phi) is 4.51. The van der Waals surface area contributed by atoms with Gasteiger partial charge in [-0.15, -0.1) is 0 Å². The number of halogens is 3. The molecule has 0 saturated heterocycles. The molecule has 0 aliphatic carbocycles. The summed E-state index contributed by atoms with van der Waals surface area (Å²) in [6.07, 6.45) is -3.72. The molecule has 0 radical (unpaired) electrons. The van der Waals surface area contributed by atoms with E-state index >= 15 is 0 Å². The minimum absolute atomic E-state index is 0.117. The van der Waals surface area contributed by atoms with Gasteiger partial charge in [-0.2, -0.15) is 0 Å². The number of nitrogens with one attached hydrogen (secondary N) is 1. The van der Waals surface area contributed by atoms with E-state index < -0.39 is 25.0 Å². The molecule has 0 amide bonds. The Balaban J connectivity index is 2.96. The standard InChI is InChI=1S/C11H13F3N2O/c1-7-2-3-9(12)8(4-7)11(17)16(6-15)5-10(13)14/h2-4,6,10-11,15,17H,5H2,1H3. The Morgan fingerprint density at radius 2 is 2.12 bits per heavy atom. The van der Waals surface area contributed by atoms with E-state index in [-0.39, 0.29) is 5.56 Å². The van der Waals surface area contributed by atoms with Crippen molar-refractivity contribution < 1.29 is 18.3 Å². The van der Waals surface area contributed by atoms with Crippen molar-refractivity contribution >= 4 is 6.34 Å². The predicted molar refractivity (Wildman–Crippen MR) is 57.6 cm³/mol. The van der Waals surface area contributed by atoms with Crippen LogP contribution >= 0.6 is 0 Å². The van der Waals surface area contributed by atoms with Crippen molar-refractivity contribution in [2.75, 3.05) is 6.54 Å². The molecular formula is C11H13F3N2O. The maximum Gasteiger partial charge on any atom is 0.255 e. The summed E-state index contributed by atoms with van der Waals surface area (Å²) < 4.78 is 37.8. The fraction of sp³-hybridized carbons (Fsp3) is 0.364. The van der Waals surface area contributed by atoms with Crippen LogP contribution in [0, 0.1) is 18.2 Å². The molecule has 3 nitrogen and oxygen atoms in total. The van der Waals surface area contributed by atoms with Crippen LogP contribution in [0.4, 0.5) is 13.2 Å². The van der Waals surface area contributed by atoms with Crippen molar-refractivity contribution in [1.82, 2.24) is 4.90 Å². The van der Waals surface area contributed by atoms with Crippen molar-refractivity contribution in [3.05, 3.63) is 35.1 Å². The SMILES string of the molecule is Cc1ccc(F)c(C(O)N(C=N)CC(F)F)c1. The first-order valence-electron chi connectivity index (χ1n) is 4.94. The zero-order chi connectivity index (χ0) is 13.0. The second-order valence-electron chi connectivity index (χ2n) is 3.62. The van der Waals surface area contributed by atoms with Crippen molar-refractivity contribution in [3.63, 3.8) is 0 Å². The number of benzene rings is 1. The molecule has 1 atom stereocenters. The fourth-order valence-electron chi connectivity index (χ4n) is 1.42. The molecule has 1 aromatic carbocycles. The summed E-state index contributed by atoms with van der Waals surface area (Å²) in [6.45, 7) is 0.871. The maximum atomic E-state index is 13.4. The first-order chi connectivity index (χ1) is 7.95. The van der Waals surface area contributed by atoms with E-state index in [0.717, 1.165) is 6.07 Å². The Morgan fingerprint density at radius 3 is 2.65 bits per heavy atom.